The Labute approximate surface area is 74.6 Å². The molecule has 0 fully saturated rings. The summed E-state index contributed by atoms with van der Waals surface area (Å²) in [6, 6.07) is 2.92. The minimum absolute atomic E-state index is 0.102. The van der Waals surface area contributed by atoms with Crippen molar-refractivity contribution in [1.82, 2.24) is 0 Å². The van der Waals surface area contributed by atoms with Crippen molar-refractivity contribution < 1.29 is 0 Å². The molecule has 0 saturated carbocycles. The van der Waals surface area contributed by atoms with Crippen molar-refractivity contribution in [3.63, 3.8) is 0 Å². The minimum Gasteiger partial charge on any atom is -0.129 e. The molecule has 61 valence electrons. The zero-order valence-electron chi connectivity index (χ0n) is 7.12. The fourth-order valence-corrected chi connectivity index (χ4v) is 4.27. The fourth-order valence-electron chi connectivity index (χ4n) is 0.862. The summed E-state index contributed by atoms with van der Waals surface area (Å²) in [5.41, 5.74) is 0. The zero-order chi connectivity index (χ0) is 7.82. The van der Waals surface area contributed by atoms with Gasteiger partial charge in [0, 0.05) is 0 Å². The molecule has 0 aromatic carbocycles. The van der Waals surface area contributed by atoms with Gasteiger partial charge in [0.15, 0.2) is 0 Å². The van der Waals surface area contributed by atoms with E-state index in [4.69, 9.17) is 0 Å². The summed E-state index contributed by atoms with van der Waals surface area (Å²) >= 11 is 3.78. The summed E-state index contributed by atoms with van der Waals surface area (Å²) < 4.78 is 0. The first-order chi connectivity index (χ1) is 4.81. The second-order valence-electron chi connectivity index (χ2n) is 2.72. The molecule has 0 aromatic heterocycles. The topological polar surface area (TPSA) is 0 Å². The predicted molar refractivity (Wildman–Crippen MR) is 54.1 cm³/mol. The second-order valence-corrected chi connectivity index (χ2v) is 8.12. The highest BCUT2D eigenvalue weighted by molar-refractivity contribution is 9.24. The number of halogens is 1. The molecule has 0 aliphatic carbocycles. The van der Waals surface area contributed by atoms with Gasteiger partial charge in [-0.15, -0.1) is 15.3 Å². The van der Waals surface area contributed by atoms with Crippen LogP contribution in [0, 0.1) is 0 Å². The van der Waals surface area contributed by atoms with E-state index in [0.29, 0.717) is 0 Å². The van der Waals surface area contributed by atoms with Crippen LogP contribution in [0.15, 0.2) is 0 Å². The monoisotopic (exact) mass is 221 g/mol. The zero-order valence-corrected chi connectivity index (χ0v) is 9.71. The second kappa shape index (κ2) is 7.80. The predicted octanol–water partition coefficient (Wildman–Crippen LogP) is 3.97. The fraction of sp³-hybridized carbons (Fsp3) is 1.00. The van der Waals surface area contributed by atoms with E-state index in [9.17, 15) is 0 Å². The van der Waals surface area contributed by atoms with E-state index in [-0.39, 0.29) is 7.42 Å². The third kappa shape index (κ3) is 6.81. The van der Waals surface area contributed by atoms with Crippen molar-refractivity contribution in [3.8, 4) is 0 Å². The summed E-state index contributed by atoms with van der Waals surface area (Å²) in [6.45, 7) is 4.53. The van der Waals surface area contributed by atoms with Crippen LogP contribution in [0.5, 0.6) is 0 Å². The molecule has 0 amide bonds. The van der Waals surface area contributed by atoms with Crippen LogP contribution in [0.25, 0.3) is 0 Å². The molecular weight excluding hydrogens is 204 g/mol. The quantitative estimate of drug-likeness (QED) is 0.471. The molecule has 0 heterocycles. The van der Waals surface area contributed by atoms with Crippen LogP contribution in [-0.4, -0.2) is 7.42 Å². The van der Waals surface area contributed by atoms with Gasteiger partial charge in [-0.2, -0.15) is 0 Å². The summed E-state index contributed by atoms with van der Waals surface area (Å²) in [4.78, 5) is 0. The Morgan fingerprint density at radius 2 is 1.40 bits per heavy atom. The molecule has 0 atom stereocenters. The molecular formula is C8H18BrSi. The summed E-state index contributed by atoms with van der Waals surface area (Å²) in [6.07, 6.45) is 5.55. The third-order valence-corrected chi connectivity index (χ3v) is 5.77. The molecule has 0 rings (SSSR count). The van der Waals surface area contributed by atoms with Gasteiger partial charge in [0.05, 0.1) is 0 Å². The lowest BCUT2D eigenvalue weighted by Gasteiger charge is -2.03. The van der Waals surface area contributed by atoms with Gasteiger partial charge in [-0.3, -0.25) is 0 Å². The first kappa shape index (κ1) is 10.7. The molecule has 0 saturated heterocycles. The third-order valence-electron chi connectivity index (χ3n) is 1.60. The summed E-state index contributed by atoms with van der Waals surface area (Å²) in [5, 5.41) is 0. The van der Waals surface area contributed by atoms with Crippen molar-refractivity contribution in [2.75, 3.05) is 0 Å². The van der Waals surface area contributed by atoms with E-state index < -0.39 is 0 Å². The van der Waals surface area contributed by atoms with E-state index in [2.05, 4.69) is 29.1 Å². The van der Waals surface area contributed by atoms with Crippen molar-refractivity contribution in [3.05, 3.63) is 0 Å². The van der Waals surface area contributed by atoms with Crippen molar-refractivity contribution in [2.45, 2.75) is 51.6 Å². The van der Waals surface area contributed by atoms with Gasteiger partial charge in [0.2, 0.25) is 0 Å². The van der Waals surface area contributed by atoms with Crippen LogP contribution in [0.1, 0.15) is 39.5 Å². The van der Waals surface area contributed by atoms with Crippen LogP contribution in [0.4, 0.5) is 0 Å². The van der Waals surface area contributed by atoms with Gasteiger partial charge in [-0.1, -0.05) is 39.5 Å². The molecule has 0 aliphatic rings. The van der Waals surface area contributed by atoms with Crippen LogP contribution in [-0.2, 0) is 0 Å². The lowest BCUT2D eigenvalue weighted by Crippen LogP contribution is -2.00. The Balaban J connectivity index is 3.00. The Morgan fingerprint density at radius 1 is 1.00 bits per heavy atom. The van der Waals surface area contributed by atoms with E-state index >= 15 is 0 Å². The van der Waals surface area contributed by atoms with Crippen LogP contribution < -0.4 is 0 Å². The molecule has 0 N–H and O–H groups in total. The molecule has 0 unspecified atom stereocenters. The molecule has 0 aliphatic heterocycles. The molecule has 0 nitrogen and oxygen atoms in total. The molecule has 0 spiro atoms. The molecule has 10 heavy (non-hydrogen) atoms. The van der Waals surface area contributed by atoms with Gasteiger partial charge in [-0.05, 0) is 12.1 Å². The largest absolute Gasteiger partial charge is 0.135 e. The standard InChI is InChI=1S/C8H18BrSi/c1-3-5-7-10(9)8-6-4-2/h3-8H2,1-2H3. The van der Waals surface area contributed by atoms with E-state index in [1.54, 1.807) is 0 Å². The minimum atomic E-state index is -0.102. The number of hydrogen-bond acceptors (Lipinski definition) is 0. The summed E-state index contributed by atoms with van der Waals surface area (Å²) in [7, 11) is -0.102. The lowest BCUT2D eigenvalue weighted by atomic mass is 10.4. The average Bonchev–Trinajstić information content (AvgIpc) is 1.97. The van der Waals surface area contributed by atoms with Crippen molar-refractivity contribution in [2.24, 2.45) is 0 Å². The van der Waals surface area contributed by atoms with E-state index in [1.165, 1.54) is 37.8 Å². The lowest BCUT2D eigenvalue weighted by molar-refractivity contribution is 0.850. The Kier molecular flexibility index (Phi) is 8.34. The Bertz CT molecular complexity index is 58.3. The van der Waals surface area contributed by atoms with Crippen molar-refractivity contribution >= 4 is 22.7 Å². The van der Waals surface area contributed by atoms with Gasteiger partial charge in [0.25, 0.3) is 0 Å². The number of hydrogen-bond donors (Lipinski definition) is 0. The molecule has 2 heteroatoms. The first-order valence-corrected chi connectivity index (χ1v) is 8.48. The molecule has 0 aromatic rings. The Hall–Kier alpha value is 0.697. The van der Waals surface area contributed by atoms with Gasteiger partial charge in [-0.25, -0.2) is 0 Å². The maximum atomic E-state index is 3.78. The van der Waals surface area contributed by atoms with Crippen LogP contribution in [0.2, 0.25) is 12.1 Å². The SMILES string of the molecule is CCCC[Si](Br)CCCC. The normalized spacial score (nSPS) is 10.8. The first-order valence-electron chi connectivity index (χ1n) is 4.31. The van der Waals surface area contributed by atoms with E-state index in [0.717, 1.165) is 0 Å². The van der Waals surface area contributed by atoms with Gasteiger partial charge >= 0.3 is 0 Å². The van der Waals surface area contributed by atoms with E-state index in [1.807, 2.05) is 0 Å². The highest BCUT2D eigenvalue weighted by atomic mass is 79.9. The van der Waals surface area contributed by atoms with Crippen molar-refractivity contribution in [1.29, 1.82) is 0 Å². The Morgan fingerprint density at radius 3 is 1.70 bits per heavy atom. The molecule has 1 radical (unpaired) electrons. The maximum Gasteiger partial charge on any atom is 0.135 e. The van der Waals surface area contributed by atoms with Gasteiger partial charge < -0.3 is 0 Å². The number of unbranched alkanes of at least 4 members (excludes halogenated alkanes) is 2. The highest BCUT2D eigenvalue weighted by Gasteiger charge is 2.04. The average molecular weight is 222 g/mol. The number of rotatable bonds is 6. The summed E-state index contributed by atoms with van der Waals surface area (Å²) in [5.74, 6) is 0. The van der Waals surface area contributed by atoms with Crippen LogP contribution >= 0.6 is 15.3 Å². The smallest absolute Gasteiger partial charge is 0.129 e. The maximum absolute atomic E-state index is 3.78. The molecule has 0 bridgehead atoms. The van der Waals surface area contributed by atoms with Crippen LogP contribution in [0.3, 0.4) is 0 Å². The van der Waals surface area contributed by atoms with Gasteiger partial charge in [0.1, 0.15) is 7.42 Å². The highest BCUT2D eigenvalue weighted by Crippen LogP contribution is 2.14.